The van der Waals surface area contributed by atoms with E-state index in [2.05, 4.69) is 4.72 Å². The Hall–Kier alpha value is -0.170. The van der Waals surface area contributed by atoms with Crippen molar-refractivity contribution in [3.8, 4) is 0 Å². The fraction of sp³-hybridized carbons (Fsp3) is 1.00. The Labute approximate surface area is 78.5 Å². The molecule has 6 heteroatoms. The molecule has 0 aromatic carbocycles. The van der Waals surface area contributed by atoms with Crippen LogP contribution in [0.1, 0.15) is 19.3 Å². The van der Waals surface area contributed by atoms with Crippen LogP contribution in [0.5, 0.6) is 0 Å². The Kier molecular flexibility index (Phi) is 2.31. The number of rotatable bonds is 3. The third kappa shape index (κ3) is 2.19. The fourth-order valence-corrected chi connectivity index (χ4v) is 3.00. The van der Waals surface area contributed by atoms with Crippen molar-refractivity contribution in [3.05, 3.63) is 0 Å². The smallest absolute Gasteiger partial charge is 0.279 e. The molecule has 2 rings (SSSR count). The molecule has 0 amide bonds. The number of nitrogens with one attached hydrogen (secondary N) is 1. The SMILES string of the molecule is N[C@H]1CCN(S(=O)(=O)NC2CC2)C1. The van der Waals surface area contributed by atoms with E-state index in [-0.39, 0.29) is 12.1 Å². The molecule has 0 unspecified atom stereocenters. The van der Waals surface area contributed by atoms with Gasteiger partial charge in [-0.2, -0.15) is 17.4 Å². The summed E-state index contributed by atoms with van der Waals surface area (Å²) in [5, 5.41) is 0. The molecule has 1 saturated carbocycles. The van der Waals surface area contributed by atoms with Crippen LogP contribution in [0, 0.1) is 0 Å². The van der Waals surface area contributed by atoms with E-state index in [1.807, 2.05) is 0 Å². The zero-order valence-corrected chi connectivity index (χ0v) is 8.26. The van der Waals surface area contributed by atoms with E-state index < -0.39 is 10.2 Å². The van der Waals surface area contributed by atoms with Gasteiger partial charge in [-0.05, 0) is 19.3 Å². The van der Waals surface area contributed by atoms with Crippen LogP contribution < -0.4 is 10.5 Å². The van der Waals surface area contributed by atoms with Crippen LogP contribution in [0.25, 0.3) is 0 Å². The zero-order valence-electron chi connectivity index (χ0n) is 7.44. The first-order valence-corrected chi connectivity index (χ1v) is 6.05. The summed E-state index contributed by atoms with van der Waals surface area (Å²) < 4.78 is 27.3. The van der Waals surface area contributed by atoms with Gasteiger partial charge in [-0.3, -0.25) is 0 Å². The minimum absolute atomic E-state index is 0.00998. The summed E-state index contributed by atoms with van der Waals surface area (Å²) in [6, 6.07) is 0.192. The third-order valence-electron chi connectivity index (χ3n) is 2.42. The highest BCUT2D eigenvalue weighted by atomic mass is 32.2. The molecule has 0 aromatic rings. The summed E-state index contributed by atoms with van der Waals surface area (Å²) in [6.45, 7) is 1.02. The Bertz CT molecular complexity index is 286. The second kappa shape index (κ2) is 3.20. The molecule has 0 aromatic heterocycles. The summed E-state index contributed by atoms with van der Waals surface area (Å²) in [6.07, 6.45) is 2.71. The average molecular weight is 205 g/mol. The van der Waals surface area contributed by atoms with Crippen LogP contribution >= 0.6 is 0 Å². The lowest BCUT2D eigenvalue weighted by molar-refractivity contribution is 0.460. The van der Waals surface area contributed by atoms with Crippen molar-refractivity contribution >= 4 is 10.2 Å². The first-order chi connectivity index (χ1) is 6.08. The van der Waals surface area contributed by atoms with E-state index >= 15 is 0 Å². The molecule has 0 bridgehead atoms. The van der Waals surface area contributed by atoms with E-state index in [9.17, 15) is 8.42 Å². The van der Waals surface area contributed by atoms with Gasteiger partial charge < -0.3 is 5.73 Å². The minimum Gasteiger partial charge on any atom is -0.326 e. The van der Waals surface area contributed by atoms with Crippen molar-refractivity contribution in [2.45, 2.75) is 31.3 Å². The van der Waals surface area contributed by atoms with Gasteiger partial charge in [0, 0.05) is 25.2 Å². The number of nitrogens with two attached hydrogens (primary N) is 1. The van der Waals surface area contributed by atoms with Crippen LogP contribution in [0.4, 0.5) is 0 Å². The highest BCUT2D eigenvalue weighted by Gasteiger charge is 2.34. The molecule has 5 nitrogen and oxygen atoms in total. The lowest BCUT2D eigenvalue weighted by Gasteiger charge is -2.15. The second-order valence-electron chi connectivity index (χ2n) is 3.80. The van der Waals surface area contributed by atoms with E-state index in [1.165, 1.54) is 4.31 Å². The third-order valence-corrected chi connectivity index (χ3v) is 4.06. The second-order valence-corrected chi connectivity index (χ2v) is 5.51. The number of hydrogen-bond donors (Lipinski definition) is 2. The quantitative estimate of drug-likeness (QED) is 0.621. The Morgan fingerprint density at radius 2 is 2.00 bits per heavy atom. The van der Waals surface area contributed by atoms with E-state index in [4.69, 9.17) is 5.73 Å². The standard InChI is InChI=1S/C7H15N3O2S/c8-6-3-4-10(5-6)13(11,12)9-7-1-2-7/h6-7,9H,1-5,8H2/t6-/m0/s1. The van der Waals surface area contributed by atoms with Crippen molar-refractivity contribution in [2.24, 2.45) is 5.73 Å². The normalized spacial score (nSPS) is 31.0. The maximum Gasteiger partial charge on any atom is 0.279 e. The van der Waals surface area contributed by atoms with Gasteiger partial charge in [0.25, 0.3) is 10.2 Å². The van der Waals surface area contributed by atoms with Gasteiger partial charge in [0.15, 0.2) is 0 Å². The van der Waals surface area contributed by atoms with Gasteiger partial charge in [0.05, 0.1) is 0 Å². The summed E-state index contributed by atoms with van der Waals surface area (Å²) in [5.41, 5.74) is 5.63. The molecule has 0 radical (unpaired) electrons. The monoisotopic (exact) mass is 205 g/mol. The van der Waals surface area contributed by atoms with Crippen molar-refractivity contribution < 1.29 is 8.42 Å². The number of nitrogens with zero attached hydrogens (tertiary/aromatic N) is 1. The Morgan fingerprint density at radius 1 is 1.31 bits per heavy atom. The summed E-state index contributed by atoms with van der Waals surface area (Å²) >= 11 is 0. The van der Waals surface area contributed by atoms with Crippen LogP contribution in [0.2, 0.25) is 0 Å². The molecule has 1 atom stereocenters. The molecule has 2 aliphatic rings. The molecule has 2 fully saturated rings. The van der Waals surface area contributed by atoms with Crippen LogP contribution in [-0.4, -0.2) is 37.9 Å². The summed E-state index contributed by atoms with van der Waals surface area (Å²) in [5.74, 6) is 0. The fourth-order valence-electron chi connectivity index (χ4n) is 1.46. The summed E-state index contributed by atoms with van der Waals surface area (Å²) in [7, 11) is -3.23. The van der Waals surface area contributed by atoms with Crippen molar-refractivity contribution in [1.29, 1.82) is 0 Å². The molecule has 1 aliphatic heterocycles. The van der Waals surface area contributed by atoms with Crippen molar-refractivity contribution in [1.82, 2.24) is 9.03 Å². The minimum atomic E-state index is -3.23. The lowest BCUT2D eigenvalue weighted by atomic mass is 10.3. The molecule has 13 heavy (non-hydrogen) atoms. The van der Waals surface area contributed by atoms with E-state index in [0.717, 1.165) is 19.3 Å². The van der Waals surface area contributed by atoms with E-state index in [1.54, 1.807) is 0 Å². The highest BCUT2D eigenvalue weighted by Crippen LogP contribution is 2.21. The van der Waals surface area contributed by atoms with Gasteiger partial charge >= 0.3 is 0 Å². The highest BCUT2D eigenvalue weighted by molar-refractivity contribution is 7.87. The molecule has 76 valence electrons. The Balaban J connectivity index is 1.97. The maximum atomic E-state index is 11.6. The first kappa shape index (κ1) is 9.39. The van der Waals surface area contributed by atoms with Crippen molar-refractivity contribution in [3.63, 3.8) is 0 Å². The zero-order chi connectivity index (χ0) is 9.47. The number of hydrogen-bond acceptors (Lipinski definition) is 3. The molecule has 3 N–H and O–H groups in total. The van der Waals surface area contributed by atoms with Gasteiger partial charge in [0.1, 0.15) is 0 Å². The van der Waals surface area contributed by atoms with Crippen LogP contribution in [0.15, 0.2) is 0 Å². The van der Waals surface area contributed by atoms with Crippen LogP contribution in [-0.2, 0) is 10.2 Å². The molecular weight excluding hydrogens is 190 g/mol. The molecule has 1 saturated heterocycles. The van der Waals surface area contributed by atoms with Gasteiger partial charge in [0.2, 0.25) is 0 Å². The molecule has 1 heterocycles. The van der Waals surface area contributed by atoms with Gasteiger partial charge in [-0.15, -0.1) is 0 Å². The average Bonchev–Trinajstić information content (AvgIpc) is 2.70. The maximum absolute atomic E-state index is 11.6. The van der Waals surface area contributed by atoms with E-state index in [0.29, 0.717) is 13.1 Å². The predicted molar refractivity (Wildman–Crippen MR) is 49.2 cm³/mol. The first-order valence-electron chi connectivity index (χ1n) is 4.61. The van der Waals surface area contributed by atoms with Crippen LogP contribution in [0.3, 0.4) is 0 Å². The predicted octanol–water partition coefficient (Wildman–Crippen LogP) is -0.984. The van der Waals surface area contributed by atoms with Crippen molar-refractivity contribution in [2.75, 3.05) is 13.1 Å². The molecule has 1 aliphatic carbocycles. The lowest BCUT2D eigenvalue weighted by Crippen LogP contribution is -2.41. The molecule has 0 spiro atoms. The topological polar surface area (TPSA) is 75.4 Å². The van der Waals surface area contributed by atoms with Gasteiger partial charge in [-0.1, -0.05) is 0 Å². The molecular formula is C7H15N3O2S. The Morgan fingerprint density at radius 3 is 2.46 bits per heavy atom. The van der Waals surface area contributed by atoms with Gasteiger partial charge in [-0.25, -0.2) is 0 Å². The summed E-state index contributed by atoms with van der Waals surface area (Å²) in [4.78, 5) is 0. The largest absolute Gasteiger partial charge is 0.326 e.